The summed E-state index contributed by atoms with van der Waals surface area (Å²) in [4.78, 5) is 26.6. The number of pyridine rings is 1. The SMILES string of the molecule is Cc1cc(NC(=O)[C@@H](C)OC(=O)c2[nH+]c(Cl)c(Cl)c(N)c2Cl)no1. The predicted octanol–water partition coefficient (Wildman–Crippen LogP) is 2.52. The molecule has 0 fully saturated rings. The molecule has 8 nitrogen and oxygen atoms in total. The third kappa shape index (κ3) is 3.89. The van der Waals surface area contributed by atoms with Crippen molar-refractivity contribution in [3.05, 3.63) is 32.7 Å². The van der Waals surface area contributed by atoms with Crippen molar-refractivity contribution in [1.29, 1.82) is 0 Å². The molecule has 2 rings (SSSR count). The number of nitrogen functional groups attached to an aromatic ring is 1. The number of esters is 1. The molecule has 11 heteroatoms. The minimum Gasteiger partial charge on any atom is -0.445 e. The highest BCUT2D eigenvalue weighted by Crippen LogP contribution is 2.32. The van der Waals surface area contributed by atoms with E-state index in [1.807, 2.05) is 0 Å². The Morgan fingerprint density at radius 3 is 2.62 bits per heavy atom. The van der Waals surface area contributed by atoms with Crippen LogP contribution in [0.4, 0.5) is 11.5 Å². The molecular weight excluding hydrogens is 383 g/mol. The van der Waals surface area contributed by atoms with Gasteiger partial charge >= 0.3 is 11.7 Å². The molecular formula is C13H12Cl3N4O4+. The first-order valence-corrected chi connectivity index (χ1v) is 7.64. The molecule has 0 aliphatic carbocycles. The van der Waals surface area contributed by atoms with Crippen molar-refractivity contribution in [2.45, 2.75) is 20.0 Å². The molecule has 0 spiro atoms. The summed E-state index contributed by atoms with van der Waals surface area (Å²) in [5.41, 5.74) is 5.34. The first-order chi connectivity index (χ1) is 11.2. The molecule has 0 saturated heterocycles. The topological polar surface area (TPSA) is 122 Å². The molecule has 2 heterocycles. The number of hydrogen-bond acceptors (Lipinski definition) is 6. The molecule has 2 aromatic rings. The zero-order valence-electron chi connectivity index (χ0n) is 12.4. The molecule has 24 heavy (non-hydrogen) atoms. The van der Waals surface area contributed by atoms with Crippen LogP contribution in [0.2, 0.25) is 15.2 Å². The first-order valence-electron chi connectivity index (χ1n) is 6.51. The van der Waals surface area contributed by atoms with Gasteiger partial charge in [0, 0.05) is 6.07 Å². The minimum absolute atomic E-state index is 0.0228. The Bertz CT molecular complexity index is 809. The zero-order chi connectivity index (χ0) is 18.0. The van der Waals surface area contributed by atoms with Gasteiger partial charge in [0.1, 0.15) is 15.8 Å². The highest BCUT2D eigenvalue weighted by atomic mass is 35.5. The van der Waals surface area contributed by atoms with Crippen LogP contribution in [0.1, 0.15) is 23.2 Å². The molecule has 0 radical (unpaired) electrons. The van der Waals surface area contributed by atoms with Crippen LogP contribution in [0, 0.1) is 6.92 Å². The number of nitrogens with two attached hydrogens (primary N) is 1. The van der Waals surface area contributed by atoms with Gasteiger partial charge in [0.2, 0.25) is 0 Å². The number of rotatable bonds is 4. The van der Waals surface area contributed by atoms with Crippen LogP contribution in [0.5, 0.6) is 0 Å². The Kier molecular flexibility index (Phi) is 5.53. The second-order valence-corrected chi connectivity index (χ2v) is 5.85. The second kappa shape index (κ2) is 7.25. The van der Waals surface area contributed by atoms with E-state index in [0.29, 0.717) is 5.76 Å². The standard InChI is InChI=1S/C13H11Cl3N4O4/c1-4-3-6(20-24-4)18-12(21)5(2)23-13(22)10-7(14)9(17)8(15)11(16)19-10/h3,5H,1-2H3,(H2,17,19)(H,18,20,21)/p+1/t5-/m1/s1. The molecule has 128 valence electrons. The van der Waals surface area contributed by atoms with Crippen molar-refractivity contribution in [2.75, 3.05) is 11.1 Å². The van der Waals surface area contributed by atoms with Crippen LogP contribution in [0.15, 0.2) is 10.6 Å². The normalized spacial score (nSPS) is 11.9. The predicted molar refractivity (Wildman–Crippen MR) is 87.2 cm³/mol. The van der Waals surface area contributed by atoms with Crippen LogP contribution >= 0.6 is 34.8 Å². The van der Waals surface area contributed by atoms with Gasteiger partial charge in [-0.1, -0.05) is 28.4 Å². The molecule has 1 amide bonds. The molecule has 0 saturated carbocycles. The third-order valence-electron chi connectivity index (χ3n) is 2.86. The van der Waals surface area contributed by atoms with E-state index in [2.05, 4.69) is 15.5 Å². The number of H-pyrrole nitrogens is 1. The van der Waals surface area contributed by atoms with Gasteiger partial charge < -0.3 is 20.3 Å². The number of aromatic nitrogens is 2. The van der Waals surface area contributed by atoms with Gasteiger partial charge in [-0.05, 0) is 25.4 Å². The number of amides is 1. The van der Waals surface area contributed by atoms with Gasteiger partial charge in [-0.2, -0.15) is 4.98 Å². The summed E-state index contributed by atoms with van der Waals surface area (Å²) in [7, 11) is 0. The number of carbonyl (C=O) groups excluding carboxylic acids is 2. The summed E-state index contributed by atoms with van der Waals surface area (Å²) >= 11 is 17.6. The van der Waals surface area contributed by atoms with Crippen LogP contribution in [0.25, 0.3) is 0 Å². The summed E-state index contributed by atoms with van der Waals surface area (Å²) in [5, 5.41) is 5.77. The van der Waals surface area contributed by atoms with Gasteiger partial charge in [0.25, 0.3) is 11.1 Å². The van der Waals surface area contributed by atoms with Crippen molar-refractivity contribution >= 4 is 58.2 Å². The summed E-state index contributed by atoms with van der Waals surface area (Å²) in [6.07, 6.45) is -1.14. The largest absolute Gasteiger partial charge is 0.445 e. The van der Waals surface area contributed by atoms with Crippen molar-refractivity contribution < 1.29 is 23.8 Å². The minimum atomic E-state index is -1.14. The van der Waals surface area contributed by atoms with E-state index >= 15 is 0 Å². The van der Waals surface area contributed by atoms with E-state index in [0.717, 1.165) is 0 Å². The van der Waals surface area contributed by atoms with E-state index in [4.69, 9.17) is 49.8 Å². The fourth-order valence-corrected chi connectivity index (χ4v) is 2.24. The number of aryl methyl sites for hydroxylation is 1. The Labute approximate surface area is 151 Å². The first kappa shape index (κ1) is 18.3. The van der Waals surface area contributed by atoms with Crippen LogP contribution in [0.3, 0.4) is 0 Å². The molecule has 0 unspecified atom stereocenters. The van der Waals surface area contributed by atoms with Crippen LogP contribution in [-0.2, 0) is 9.53 Å². The summed E-state index contributed by atoms with van der Waals surface area (Å²) in [6.45, 7) is 3.04. The Morgan fingerprint density at radius 2 is 2.04 bits per heavy atom. The Balaban J connectivity index is 2.10. The Morgan fingerprint density at radius 1 is 1.38 bits per heavy atom. The number of aromatic amines is 1. The third-order valence-corrected chi connectivity index (χ3v) is 4.02. The van der Waals surface area contributed by atoms with Gasteiger partial charge in [-0.15, -0.1) is 0 Å². The lowest BCUT2D eigenvalue weighted by atomic mass is 10.3. The molecule has 2 aromatic heterocycles. The second-order valence-electron chi connectivity index (χ2n) is 4.72. The lowest BCUT2D eigenvalue weighted by Gasteiger charge is -2.11. The highest BCUT2D eigenvalue weighted by Gasteiger charge is 2.30. The van der Waals surface area contributed by atoms with Crippen LogP contribution in [-0.4, -0.2) is 23.1 Å². The van der Waals surface area contributed by atoms with E-state index in [-0.39, 0.29) is 32.4 Å². The lowest BCUT2D eigenvalue weighted by molar-refractivity contribution is -0.380. The fraction of sp³-hybridized carbons (Fsp3) is 0.231. The fourth-order valence-electron chi connectivity index (χ4n) is 1.64. The number of halogens is 3. The average molecular weight is 395 g/mol. The van der Waals surface area contributed by atoms with Gasteiger partial charge in [0.05, 0.1) is 5.69 Å². The number of ether oxygens (including phenoxy) is 1. The van der Waals surface area contributed by atoms with Crippen LogP contribution < -0.4 is 16.0 Å². The molecule has 0 aromatic carbocycles. The number of hydrogen-bond donors (Lipinski definition) is 2. The van der Waals surface area contributed by atoms with E-state index < -0.39 is 18.0 Å². The van der Waals surface area contributed by atoms with Gasteiger partial charge in [0.15, 0.2) is 11.9 Å². The van der Waals surface area contributed by atoms with Crippen molar-refractivity contribution in [3.63, 3.8) is 0 Å². The van der Waals surface area contributed by atoms with E-state index in [9.17, 15) is 9.59 Å². The number of anilines is 2. The molecule has 0 aliphatic heterocycles. The molecule has 0 aliphatic rings. The summed E-state index contributed by atoms with van der Waals surface area (Å²) in [6, 6.07) is 1.51. The lowest BCUT2D eigenvalue weighted by Crippen LogP contribution is -2.32. The zero-order valence-corrected chi connectivity index (χ0v) is 14.7. The maximum atomic E-state index is 12.1. The molecule has 4 N–H and O–H groups in total. The molecule has 0 bridgehead atoms. The Hall–Kier alpha value is -2.03. The average Bonchev–Trinajstić information content (AvgIpc) is 2.93. The summed E-state index contributed by atoms with van der Waals surface area (Å²) in [5.74, 6) is -0.823. The van der Waals surface area contributed by atoms with E-state index in [1.165, 1.54) is 13.0 Å². The smallest absolute Gasteiger partial charge is 0.406 e. The highest BCUT2D eigenvalue weighted by molar-refractivity contribution is 6.45. The maximum absolute atomic E-state index is 12.1. The van der Waals surface area contributed by atoms with Gasteiger partial charge in [-0.3, -0.25) is 4.79 Å². The monoisotopic (exact) mass is 393 g/mol. The molecule has 1 atom stereocenters. The van der Waals surface area contributed by atoms with E-state index in [1.54, 1.807) is 6.92 Å². The number of carbonyl (C=O) groups is 2. The maximum Gasteiger partial charge on any atom is 0.406 e. The summed E-state index contributed by atoms with van der Waals surface area (Å²) < 4.78 is 9.84. The number of nitrogens with zero attached hydrogens (tertiary/aromatic N) is 1. The quantitative estimate of drug-likeness (QED) is 0.607. The van der Waals surface area contributed by atoms with Crippen molar-refractivity contribution in [2.24, 2.45) is 0 Å². The van der Waals surface area contributed by atoms with Crippen molar-refractivity contribution in [3.8, 4) is 0 Å². The number of nitrogens with one attached hydrogen (secondary N) is 2. The van der Waals surface area contributed by atoms with Gasteiger partial charge in [-0.25, -0.2) is 4.79 Å². The van der Waals surface area contributed by atoms with Crippen molar-refractivity contribution in [1.82, 2.24) is 5.16 Å².